The van der Waals surface area contributed by atoms with E-state index in [1.54, 1.807) is 31.2 Å². The Bertz CT molecular complexity index is 803. The molecule has 1 N–H and O–H groups in total. The zero-order valence-electron chi connectivity index (χ0n) is 12.8. The number of rotatable bonds is 5. The van der Waals surface area contributed by atoms with Gasteiger partial charge in [0, 0.05) is 5.69 Å². The van der Waals surface area contributed by atoms with Gasteiger partial charge in [0.25, 0.3) is 5.91 Å². The number of nitrogens with one attached hydrogen (secondary N) is 1. The Labute approximate surface area is 137 Å². The molecule has 24 heavy (non-hydrogen) atoms. The average molecular weight is 327 g/mol. The molecule has 0 aliphatic heterocycles. The molecule has 0 unspecified atom stereocenters. The first-order valence-electron chi connectivity index (χ1n) is 7.18. The van der Waals surface area contributed by atoms with Gasteiger partial charge in [0.05, 0.1) is 5.69 Å². The summed E-state index contributed by atoms with van der Waals surface area (Å²) in [6.45, 7) is 1.62. The van der Waals surface area contributed by atoms with E-state index < -0.39 is 6.10 Å². The van der Waals surface area contributed by atoms with E-state index in [0.29, 0.717) is 11.4 Å². The van der Waals surface area contributed by atoms with Crippen LogP contribution in [-0.2, 0) is 4.79 Å². The van der Waals surface area contributed by atoms with Crippen molar-refractivity contribution in [1.82, 2.24) is 20.2 Å². The number of hydrogen-bond donors (Lipinski definition) is 1. The van der Waals surface area contributed by atoms with Crippen LogP contribution in [0.1, 0.15) is 6.92 Å². The van der Waals surface area contributed by atoms with E-state index in [0.717, 1.165) is 5.69 Å². The van der Waals surface area contributed by atoms with Gasteiger partial charge in [-0.25, -0.2) is 9.07 Å². The normalized spacial score (nSPS) is 11.8. The van der Waals surface area contributed by atoms with Crippen LogP contribution in [0.4, 0.5) is 10.1 Å². The molecule has 0 radical (unpaired) electrons. The van der Waals surface area contributed by atoms with E-state index in [1.807, 2.05) is 0 Å². The molecule has 0 bridgehead atoms. The van der Waals surface area contributed by atoms with Crippen LogP contribution in [0.2, 0.25) is 0 Å². The Hall–Kier alpha value is -3.29. The molecule has 3 rings (SSSR count). The lowest BCUT2D eigenvalue weighted by molar-refractivity contribution is -0.122. The second-order valence-electron chi connectivity index (χ2n) is 5.00. The fourth-order valence-electron chi connectivity index (χ4n) is 1.99. The third kappa shape index (κ3) is 3.72. The number of hydrogen-bond acceptors (Lipinski definition) is 5. The van der Waals surface area contributed by atoms with E-state index in [2.05, 4.69) is 20.8 Å². The van der Waals surface area contributed by atoms with Crippen molar-refractivity contribution in [3.05, 3.63) is 60.7 Å². The SMILES string of the molecule is C[C@H](Oc1ccc(F)cc1)C(=O)Nc1ccc(-n2cnnn2)cc1. The molecule has 2 aromatic carbocycles. The van der Waals surface area contributed by atoms with Gasteiger partial charge < -0.3 is 10.1 Å². The van der Waals surface area contributed by atoms with Gasteiger partial charge in [-0.15, -0.1) is 5.10 Å². The molecule has 1 atom stereocenters. The predicted molar refractivity (Wildman–Crippen MR) is 84.3 cm³/mol. The molecule has 1 aromatic heterocycles. The number of tetrazole rings is 1. The van der Waals surface area contributed by atoms with Crippen LogP contribution >= 0.6 is 0 Å². The second-order valence-corrected chi connectivity index (χ2v) is 5.00. The highest BCUT2D eigenvalue weighted by atomic mass is 19.1. The molecular weight excluding hydrogens is 313 g/mol. The predicted octanol–water partition coefficient (Wildman–Crippen LogP) is 2.21. The van der Waals surface area contributed by atoms with Crippen LogP contribution < -0.4 is 10.1 Å². The molecule has 0 aliphatic rings. The summed E-state index contributed by atoms with van der Waals surface area (Å²) in [5, 5.41) is 13.6. The maximum Gasteiger partial charge on any atom is 0.265 e. The van der Waals surface area contributed by atoms with E-state index in [9.17, 15) is 9.18 Å². The highest BCUT2D eigenvalue weighted by Gasteiger charge is 2.15. The average Bonchev–Trinajstić information content (AvgIpc) is 3.12. The summed E-state index contributed by atoms with van der Waals surface area (Å²) in [5.74, 6) is -0.246. The summed E-state index contributed by atoms with van der Waals surface area (Å²) in [6.07, 6.45) is 0.751. The molecule has 122 valence electrons. The number of carbonyl (C=O) groups excluding carboxylic acids is 1. The summed E-state index contributed by atoms with van der Waals surface area (Å²) in [5.41, 5.74) is 1.39. The van der Waals surface area contributed by atoms with Crippen LogP contribution in [0.15, 0.2) is 54.9 Å². The van der Waals surface area contributed by atoms with E-state index in [-0.39, 0.29) is 11.7 Å². The minimum Gasteiger partial charge on any atom is -0.481 e. The zero-order chi connectivity index (χ0) is 16.9. The lowest BCUT2D eigenvalue weighted by Gasteiger charge is -2.15. The van der Waals surface area contributed by atoms with Crippen molar-refractivity contribution in [3.63, 3.8) is 0 Å². The van der Waals surface area contributed by atoms with Crippen molar-refractivity contribution in [1.29, 1.82) is 0 Å². The van der Waals surface area contributed by atoms with Crippen LogP contribution in [0.25, 0.3) is 5.69 Å². The van der Waals surface area contributed by atoms with E-state index in [1.165, 1.54) is 35.3 Å². The Kier molecular flexibility index (Phi) is 4.46. The Balaban J connectivity index is 1.60. The van der Waals surface area contributed by atoms with Crippen molar-refractivity contribution in [2.75, 3.05) is 5.32 Å². The standard InChI is InChI=1S/C16H14FN5O2/c1-11(24-15-8-2-12(17)3-9-15)16(23)19-13-4-6-14(7-5-13)22-10-18-20-21-22/h2-11H,1H3,(H,19,23)/t11-/m0/s1. The molecule has 3 aromatic rings. The lowest BCUT2D eigenvalue weighted by Crippen LogP contribution is -2.30. The third-order valence-electron chi connectivity index (χ3n) is 3.24. The van der Waals surface area contributed by atoms with Gasteiger partial charge in [-0.3, -0.25) is 4.79 Å². The molecule has 0 fully saturated rings. The highest BCUT2D eigenvalue weighted by molar-refractivity contribution is 5.94. The second kappa shape index (κ2) is 6.86. The first-order valence-corrected chi connectivity index (χ1v) is 7.18. The first kappa shape index (κ1) is 15.6. The number of amides is 1. The van der Waals surface area contributed by atoms with Crippen LogP contribution in [0.5, 0.6) is 5.75 Å². The number of anilines is 1. The summed E-state index contributed by atoms with van der Waals surface area (Å²) >= 11 is 0. The monoisotopic (exact) mass is 327 g/mol. The van der Waals surface area contributed by atoms with Crippen LogP contribution in [-0.4, -0.2) is 32.2 Å². The highest BCUT2D eigenvalue weighted by Crippen LogP contribution is 2.15. The lowest BCUT2D eigenvalue weighted by atomic mass is 10.2. The summed E-state index contributed by atoms with van der Waals surface area (Å²) < 4.78 is 19.8. The van der Waals surface area contributed by atoms with Crippen molar-refractivity contribution in [2.45, 2.75) is 13.0 Å². The van der Waals surface area contributed by atoms with Crippen LogP contribution in [0.3, 0.4) is 0 Å². The quantitative estimate of drug-likeness (QED) is 0.777. The molecule has 0 aliphatic carbocycles. The topological polar surface area (TPSA) is 81.9 Å². The fraction of sp³-hybridized carbons (Fsp3) is 0.125. The molecule has 0 saturated heterocycles. The number of halogens is 1. The molecular formula is C16H14FN5O2. The van der Waals surface area contributed by atoms with Gasteiger partial charge in [-0.1, -0.05) is 0 Å². The maximum absolute atomic E-state index is 12.9. The number of benzene rings is 2. The third-order valence-corrected chi connectivity index (χ3v) is 3.24. The molecule has 7 nitrogen and oxygen atoms in total. The fourth-order valence-corrected chi connectivity index (χ4v) is 1.99. The van der Waals surface area contributed by atoms with Gasteiger partial charge >= 0.3 is 0 Å². The first-order chi connectivity index (χ1) is 11.6. The minimum absolute atomic E-state index is 0.311. The van der Waals surface area contributed by atoms with E-state index in [4.69, 9.17) is 4.74 Å². The van der Waals surface area contributed by atoms with Gasteiger partial charge in [0.2, 0.25) is 0 Å². The molecule has 8 heteroatoms. The Morgan fingerprint density at radius 1 is 1.17 bits per heavy atom. The van der Waals surface area contributed by atoms with Gasteiger partial charge in [0.1, 0.15) is 17.9 Å². The van der Waals surface area contributed by atoms with E-state index >= 15 is 0 Å². The van der Waals surface area contributed by atoms with Gasteiger partial charge in [-0.05, 0) is 65.9 Å². The van der Waals surface area contributed by atoms with Gasteiger partial charge in [0.15, 0.2) is 6.10 Å². The molecule has 0 spiro atoms. The van der Waals surface area contributed by atoms with Crippen molar-refractivity contribution < 1.29 is 13.9 Å². The summed E-state index contributed by atoms with van der Waals surface area (Å²) in [4.78, 5) is 12.1. The van der Waals surface area contributed by atoms with Crippen molar-refractivity contribution in [2.24, 2.45) is 0 Å². The van der Waals surface area contributed by atoms with Gasteiger partial charge in [-0.2, -0.15) is 0 Å². The minimum atomic E-state index is -0.727. The number of carbonyl (C=O) groups is 1. The largest absolute Gasteiger partial charge is 0.481 e. The smallest absolute Gasteiger partial charge is 0.265 e. The number of ether oxygens (including phenoxy) is 1. The zero-order valence-corrected chi connectivity index (χ0v) is 12.8. The number of nitrogens with zero attached hydrogens (tertiary/aromatic N) is 4. The molecule has 1 heterocycles. The molecule has 0 saturated carbocycles. The van der Waals surface area contributed by atoms with Crippen molar-refractivity contribution in [3.8, 4) is 11.4 Å². The van der Waals surface area contributed by atoms with Crippen molar-refractivity contribution >= 4 is 11.6 Å². The molecule has 1 amide bonds. The summed E-state index contributed by atoms with van der Waals surface area (Å²) in [7, 11) is 0. The van der Waals surface area contributed by atoms with Crippen LogP contribution in [0, 0.1) is 5.82 Å². The number of aromatic nitrogens is 4. The summed E-state index contributed by atoms with van der Waals surface area (Å²) in [6, 6.07) is 12.5. The maximum atomic E-state index is 12.9. The Morgan fingerprint density at radius 2 is 1.88 bits per heavy atom. The Morgan fingerprint density at radius 3 is 2.50 bits per heavy atom.